The summed E-state index contributed by atoms with van der Waals surface area (Å²) in [5.41, 5.74) is 0. The van der Waals surface area contributed by atoms with E-state index < -0.39 is 0 Å². The third-order valence-corrected chi connectivity index (χ3v) is 2.06. The highest BCUT2D eigenvalue weighted by Crippen LogP contribution is 2.08. The normalized spacial score (nSPS) is 10.2. The monoisotopic (exact) mass is 186 g/mol. The summed E-state index contributed by atoms with van der Waals surface area (Å²) in [6, 6.07) is 0. The van der Waals surface area contributed by atoms with Gasteiger partial charge in [0.05, 0.1) is 19.0 Å². The highest BCUT2D eigenvalue weighted by atomic mass is 32.2. The lowest BCUT2D eigenvalue weighted by Gasteiger charge is -1.99. The minimum absolute atomic E-state index is 0.760. The molecule has 0 aromatic carbocycles. The molecular weight excluding hydrogens is 172 g/mol. The molecule has 1 rings (SSSR count). The summed E-state index contributed by atoms with van der Waals surface area (Å²) in [5.74, 6) is 1.89. The zero-order valence-corrected chi connectivity index (χ0v) is 8.30. The van der Waals surface area contributed by atoms with Crippen LogP contribution in [-0.4, -0.2) is 28.4 Å². The van der Waals surface area contributed by atoms with Gasteiger partial charge in [-0.05, 0) is 13.2 Å². The third kappa shape index (κ3) is 2.77. The fraction of sp³-hybridized carbons (Fsp3) is 0.625. The molecule has 3 nitrogen and oxygen atoms in total. The summed E-state index contributed by atoms with van der Waals surface area (Å²) in [5, 5.41) is 4.10. The Hall–Kier alpha value is -0.640. The molecular formula is C8H14N2OS. The highest BCUT2D eigenvalue weighted by molar-refractivity contribution is 7.98. The van der Waals surface area contributed by atoms with Gasteiger partial charge in [-0.2, -0.15) is 16.9 Å². The van der Waals surface area contributed by atoms with Crippen molar-refractivity contribution in [2.24, 2.45) is 0 Å². The van der Waals surface area contributed by atoms with E-state index in [1.807, 2.05) is 10.9 Å². The van der Waals surface area contributed by atoms with Crippen LogP contribution in [0.15, 0.2) is 12.4 Å². The topological polar surface area (TPSA) is 27.1 Å². The van der Waals surface area contributed by atoms with Crippen molar-refractivity contribution in [1.82, 2.24) is 9.78 Å². The molecule has 0 atom stereocenters. The summed E-state index contributed by atoms with van der Waals surface area (Å²) in [6.45, 7) is 3.71. The number of aryl methyl sites for hydroxylation is 1. The van der Waals surface area contributed by atoms with Crippen molar-refractivity contribution in [2.45, 2.75) is 13.5 Å². The quantitative estimate of drug-likeness (QED) is 0.654. The second-order valence-corrected chi connectivity index (χ2v) is 3.36. The fourth-order valence-electron chi connectivity index (χ4n) is 0.835. The number of hydrogen-bond acceptors (Lipinski definition) is 3. The van der Waals surface area contributed by atoms with Crippen LogP contribution in [0.3, 0.4) is 0 Å². The molecule has 0 N–H and O–H groups in total. The Labute approximate surface area is 77.1 Å². The van der Waals surface area contributed by atoms with Crippen LogP contribution < -0.4 is 4.74 Å². The molecule has 0 aliphatic carbocycles. The van der Waals surface area contributed by atoms with E-state index in [1.165, 1.54) is 0 Å². The maximum atomic E-state index is 5.42. The molecule has 0 aliphatic heterocycles. The highest BCUT2D eigenvalue weighted by Gasteiger charge is 1.96. The summed E-state index contributed by atoms with van der Waals surface area (Å²) >= 11 is 1.78. The van der Waals surface area contributed by atoms with Gasteiger partial charge in [-0.1, -0.05) is 0 Å². The molecule has 1 heterocycles. The van der Waals surface area contributed by atoms with Gasteiger partial charge in [0.2, 0.25) is 0 Å². The van der Waals surface area contributed by atoms with E-state index in [0.717, 1.165) is 24.7 Å². The second-order valence-electron chi connectivity index (χ2n) is 2.37. The Morgan fingerprint density at radius 1 is 1.67 bits per heavy atom. The number of ether oxygens (including phenoxy) is 1. The van der Waals surface area contributed by atoms with E-state index in [-0.39, 0.29) is 0 Å². The zero-order valence-electron chi connectivity index (χ0n) is 7.49. The molecule has 0 radical (unpaired) electrons. The molecule has 1 aromatic heterocycles. The van der Waals surface area contributed by atoms with Gasteiger partial charge in [-0.25, -0.2) is 0 Å². The SMILES string of the molecule is CCn1cc(OCCSC)cn1. The predicted molar refractivity (Wildman–Crippen MR) is 51.8 cm³/mol. The molecule has 12 heavy (non-hydrogen) atoms. The van der Waals surface area contributed by atoms with Crippen molar-refractivity contribution in [1.29, 1.82) is 0 Å². The smallest absolute Gasteiger partial charge is 0.157 e. The molecule has 0 unspecified atom stereocenters. The lowest BCUT2D eigenvalue weighted by atomic mass is 10.6. The van der Waals surface area contributed by atoms with Crippen LogP contribution in [0.5, 0.6) is 5.75 Å². The van der Waals surface area contributed by atoms with Gasteiger partial charge in [0.1, 0.15) is 0 Å². The Bertz CT molecular complexity index is 225. The minimum atomic E-state index is 0.760. The first-order chi connectivity index (χ1) is 5.86. The minimum Gasteiger partial charge on any atom is -0.489 e. The van der Waals surface area contributed by atoms with Gasteiger partial charge < -0.3 is 4.74 Å². The first-order valence-corrected chi connectivity index (χ1v) is 5.40. The van der Waals surface area contributed by atoms with E-state index in [0.29, 0.717) is 0 Å². The standard InChI is InChI=1S/C8H14N2OS/c1-3-10-7-8(6-9-10)11-4-5-12-2/h6-7H,3-5H2,1-2H3. The molecule has 0 spiro atoms. The maximum absolute atomic E-state index is 5.42. The van der Waals surface area contributed by atoms with Gasteiger partial charge in [0.25, 0.3) is 0 Å². The van der Waals surface area contributed by atoms with Gasteiger partial charge in [0, 0.05) is 12.3 Å². The van der Waals surface area contributed by atoms with Crippen LogP contribution in [0.2, 0.25) is 0 Å². The fourth-order valence-corrected chi connectivity index (χ4v) is 1.08. The van der Waals surface area contributed by atoms with E-state index in [1.54, 1.807) is 18.0 Å². The van der Waals surface area contributed by atoms with Crippen molar-refractivity contribution < 1.29 is 4.74 Å². The van der Waals surface area contributed by atoms with Gasteiger partial charge >= 0.3 is 0 Å². The average molecular weight is 186 g/mol. The number of rotatable bonds is 5. The molecule has 0 amide bonds. The number of nitrogens with zero attached hydrogens (tertiary/aromatic N) is 2. The van der Waals surface area contributed by atoms with Crippen LogP contribution in [0.1, 0.15) is 6.92 Å². The molecule has 0 saturated carbocycles. The number of aromatic nitrogens is 2. The van der Waals surface area contributed by atoms with Crippen molar-refractivity contribution in [3.8, 4) is 5.75 Å². The van der Waals surface area contributed by atoms with Crippen molar-refractivity contribution in [3.05, 3.63) is 12.4 Å². The van der Waals surface area contributed by atoms with Crippen LogP contribution >= 0.6 is 11.8 Å². The van der Waals surface area contributed by atoms with Crippen molar-refractivity contribution in [2.75, 3.05) is 18.6 Å². The van der Waals surface area contributed by atoms with Crippen LogP contribution in [0, 0.1) is 0 Å². The summed E-state index contributed by atoms with van der Waals surface area (Å²) in [7, 11) is 0. The Kier molecular flexibility index (Phi) is 4.00. The predicted octanol–water partition coefficient (Wildman–Crippen LogP) is 1.64. The Morgan fingerprint density at radius 3 is 3.08 bits per heavy atom. The molecule has 0 fully saturated rings. The number of hydrogen-bond donors (Lipinski definition) is 0. The average Bonchev–Trinajstić information content (AvgIpc) is 2.53. The summed E-state index contributed by atoms with van der Waals surface area (Å²) in [6.07, 6.45) is 5.74. The van der Waals surface area contributed by atoms with E-state index in [2.05, 4.69) is 18.3 Å². The molecule has 1 aromatic rings. The largest absolute Gasteiger partial charge is 0.489 e. The summed E-state index contributed by atoms with van der Waals surface area (Å²) in [4.78, 5) is 0. The van der Waals surface area contributed by atoms with Gasteiger partial charge in [-0.15, -0.1) is 0 Å². The lowest BCUT2D eigenvalue weighted by Crippen LogP contribution is -1.98. The molecule has 0 bridgehead atoms. The summed E-state index contributed by atoms with van der Waals surface area (Å²) < 4.78 is 7.28. The van der Waals surface area contributed by atoms with Gasteiger partial charge in [-0.3, -0.25) is 4.68 Å². The lowest BCUT2D eigenvalue weighted by molar-refractivity contribution is 0.343. The van der Waals surface area contributed by atoms with Crippen molar-refractivity contribution >= 4 is 11.8 Å². The zero-order chi connectivity index (χ0) is 8.81. The Balaban J connectivity index is 2.31. The van der Waals surface area contributed by atoms with E-state index >= 15 is 0 Å². The Morgan fingerprint density at radius 2 is 2.50 bits per heavy atom. The molecule has 4 heteroatoms. The van der Waals surface area contributed by atoms with E-state index in [9.17, 15) is 0 Å². The second kappa shape index (κ2) is 5.09. The maximum Gasteiger partial charge on any atom is 0.157 e. The van der Waals surface area contributed by atoms with Crippen LogP contribution in [0.4, 0.5) is 0 Å². The molecule has 0 saturated heterocycles. The number of thioether (sulfide) groups is 1. The van der Waals surface area contributed by atoms with Crippen LogP contribution in [0.25, 0.3) is 0 Å². The first-order valence-electron chi connectivity index (χ1n) is 4.01. The van der Waals surface area contributed by atoms with E-state index in [4.69, 9.17) is 4.74 Å². The van der Waals surface area contributed by atoms with Crippen LogP contribution in [-0.2, 0) is 6.54 Å². The molecule has 68 valence electrons. The van der Waals surface area contributed by atoms with Crippen molar-refractivity contribution in [3.63, 3.8) is 0 Å². The van der Waals surface area contributed by atoms with Gasteiger partial charge in [0.15, 0.2) is 5.75 Å². The molecule has 0 aliphatic rings. The third-order valence-electron chi connectivity index (χ3n) is 1.49. The first kappa shape index (κ1) is 9.45.